The lowest BCUT2D eigenvalue weighted by Gasteiger charge is -2.38. The Hall–Kier alpha value is -2.55. The van der Waals surface area contributed by atoms with Crippen LogP contribution in [0.5, 0.6) is 5.88 Å². The molecule has 0 aliphatic carbocycles. The molecule has 7 nitrogen and oxygen atoms in total. The van der Waals surface area contributed by atoms with Gasteiger partial charge in [0.2, 0.25) is 5.88 Å². The van der Waals surface area contributed by atoms with Crippen LogP contribution in [-0.2, 0) is 4.74 Å². The molecule has 0 unspecified atom stereocenters. The van der Waals surface area contributed by atoms with Gasteiger partial charge < -0.3 is 24.4 Å². The Morgan fingerprint density at radius 3 is 2.60 bits per heavy atom. The van der Waals surface area contributed by atoms with Crippen LogP contribution in [0.2, 0.25) is 0 Å². The number of likely N-dealkylation sites (N-methyl/N-ethyl adjacent to an activating group) is 1. The Balaban J connectivity index is 1.62. The number of rotatable bonds is 7. The first kappa shape index (κ1) is 25.5. The van der Waals surface area contributed by atoms with Gasteiger partial charge in [-0.2, -0.15) is 0 Å². The fourth-order valence-corrected chi connectivity index (χ4v) is 4.87. The van der Waals surface area contributed by atoms with Crippen LogP contribution in [0.1, 0.15) is 37.0 Å². The van der Waals surface area contributed by atoms with Crippen molar-refractivity contribution in [3.8, 4) is 17.0 Å². The van der Waals surface area contributed by atoms with Crippen molar-refractivity contribution in [2.24, 2.45) is 11.8 Å². The molecule has 35 heavy (non-hydrogen) atoms. The van der Waals surface area contributed by atoms with Gasteiger partial charge in [-0.1, -0.05) is 19.1 Å². The second-order valence-corrected chi connectivity index (χ2v) is 9.98. The first-order chi connectivity index (χ1) is 16.9. The van der Waals surface area contributed by atoms with Crippen molar-refractivity contribution in [2.75, 3.05) is 46.5 Å². The minimum Gasteiger partial charge on any atom is -0.472 e. The molecule has 1 aromatic carbocycles. The van der Waals surface area contributed by atoms with E-state index in [1.54, 1.807) is 29.3 Å². The van der Waals surface area contributed by atoms with Crippen LogP contribution in [0, 0.1) is 17.7 Å². The molecule has 190 valence electrons. The molecule has 3 heterocycles. The van der Waals surface area contributed by atoms with Crippen molar-refractivity contribution in [1.82, 2.24) is 14.8 Å². The molecule has 0 radical (unpaired) electrons. The number of ether oxygens (including phenoxy) is 2. The highest BCUT2D eigenvalue weighted by Crippen LogP contribution is 2.30. The lowest BCUT2D eigenvalue weighted by molar-refractivity contribution is 0.0254. The van der Waals surface area contributed by atoms with Crippen molar-refractivity contribution >= 4 is 5.91 Å². The van der Waals surface area contributed by atoms with Gasteiger partial charge in [-0.15, -0.1) is 0 Å². The van der Waals surface area contributed by atoms with E-state index in [0.29, 0.717) is 36.0 Å². The number of aliphatic hydroxyl groups is 1. The summed E-state index contributed by atoms with van der Waals surface area (Å²) in [5.41, 5.74) is 1.83. The number of halogens is 1. The van der Waals surface area contributed by atoms with Gasteiger partial charge in [-0.3, -0.25) is 4.79 Å². The number of benzene rings is 1. The van der Waals surface area contributed by atoms with Crippen molar-refractivity contribution in [1.29, 1.82) is 0 Å². The van der Waals surface area contributed by atoms with Crippen LogP contribution >= 0.6 is 0 Å². The van der Waals surface area contributed by atoms with Gasteiger partial charge in [0.25, 0.3) is 5.91 Å². The largest absolute Gasteiger partial charge is 0.472 e. The molecule has 1 saturated heterocycles. The normalized spacial score (nSPS) is 22.3. The highest BCUT2D eigenvalue weighted by molar-refractivity contribution is 5.98. The van der Waals surface area contributed by atoms with Crippen LogP contribution in [-0.4, -0.2) is 84.4 Å². The second-order valence-electron chi connectivity index (χ2n) is 9.98. The van der Waals surface area contributed by atoms with Gasteiger partial charge in [-0.05, 0) is 56.5 Å². The molecule has 1 amide bonds. The number of carbonyl (C=O) groups excluding carboxylic acids is 1. The predicted octanol–water partition coefficient (Wildman–Crippen LogP) is 3.47. The summed E-state index contributed by atoms with van der Waals surface area (Å²) in [4.78, 5) is 22.1. The van der Waals surface area contributed by atoms with Gasteiger partial charge in [-0.25, -0.2) is 9.37 Å². The van der Waals surface area contributed by atoms with Crippen LogP contribution in [0.3, 0.4) is 0 Å². The maximum atomic E-state index is 13.6. The van der Waals surface area contributed by atoms with Crippen LogP contribution in [0.4, 0.5) is 4.39 Å². The molecule has 4 rings (SSSR count). The maximum Gasteiger partial charge on any atom is 0.259 e. The Bertz CT molecular complexity index is 996. The average molecular weight is 486 g/mol. The predicted molar refractivity (Wildman–Crippen MR) is 132 cm³/mol. The summed E-state index contributed by atoms with van der Waals surface area (Å²) in [5.74, 6) is 0.397. The fourth-order valence-electron chi connectivity index (χ4n) is 4.87. The molecule has 1 N–H and O–H groups in total. The zero-order valence-electron chi connectivity index (χ0n) is 20.8. The van der Waals surface area contributed by atoms with Crippen molar-refractivity contribution in [3.05, 3.63) is 47.9 Å². The highest BCUT2D eigenvalue weighted by atomic mass is 19.1. The fraction of sp³-hybridized carbons (Fsp3) is 0.556. The van der Waals surface area contributed by atoms with Crippen molar-refractivity contribution < 1.29 is 23.8 Å². The van der Waals surface area contributed by atoms with Crippen molar-refractivity contribution in [2.45, 2.75) is 38.8 Å². The Morgan fingerprint density at radius 1 is 1.20 bits per heavy atom. The van der Waals surface area contributed by atoms with E-state index in [1.807, 2.05) is 6.92 Å². The SMILES string of the molecule is C[C@H](CO)N1C[C@H](C)[C@@H](CN(C)CC2CCOCC2)Oc2ncc(-c3ccc(F)cc3)cc2C1=O. The highest BCUT2D eigenvalue weighted by Gasteiger charge is 2.34. The number of carbonyl (C=O) groups is 1. The monoisotopic (exact) mass is 485 g/mol. The van der Waals surface area contributed by atoms with Crippen LogP contribution in [0.25, 0.3) is 11.1 Å². The third-order valence-corrected chi connectivity index (χ3v) is 7.10. The summed E-state index contributed by atoms with van der Waals surface area (Å²) >= 11 is 0. The smallest absolute Gasteiger partial charge is 0.259 e. The number of amides is 1. The van der Waals surface area contributed by atoms with E-state index < -0.39 is 0 Å². The molecule has 1 aromatic heterocycles. The molecule has 2 aliphatic heterocycles. The number of aliphatic hydroxyl groups excluding tert-OH is 1. The Labute approximate surface area is 206 Å². The second kappa shape index (κ2) is 11.5. The first-order valence-electron chi connectivity index (χ1n) is 12.5. The number of fused-ring (bicyclic) bond motifs is 1. The lowest BCUT2D eigenvalue weighted by Crippen LogP contribution is -2.50. The number of nitrogens with zero attached hydrogens (tertiary/aromatic N) is 3. The lowest BCUT2D eigenvalue weighted by atomic mass is 9.97. The van der Waals surface area contributed by atoms with E-state index in [-0.39, 0.29) is 36.4 Å². The van der Waals surface area contributed by atoms with Crippen molar-refractivity contribution in [3.63, 3.8) is 0 Å². The Morgan fingerprint density at radius 2 is 1.91 bits per heavy atom. The minimum absolute atomic E-state index is 0.0387. The topological polar surface area (TPSA) is 75.1 Å². The van der Waals surface area contributed by atoms with E-state index in [9.17, 15) is 14.3 Å². The van der Waals surface area contributed by atoms with E-state index in [4.69, 9.17) is 9.47 Å². The molecular weight excluding hydrogens is 449 g/mol. The molecule has 2 aliphatic rings. The molecule has 3 atom stereocenters. The number of aromatic nitrogens is 1. The van der Waals surface area contributed by atoms with E-state index in [0.717, 1.165) is 38.2 Å². The third-order valence-electron chi connectivity index (χ3n) is 7.10. The average Bonchev–Trinajstić information content (AvgIpc) is 2.86. The molecule has 8 heteroatoms. The quantitative estimate of drug-likeness (QED) is 0.648. The summed E-state index contributed by atoms with van der Waals surface area (Å²) in [6.07, 6.45) is 3.62. The van der Waals surface area contributed by atoms with Gasteiger partial charge in [0, 0.05) is 50.5 Å². The van der Waals surface area contributed by atoms with Gasteiger partial charge >= 0.3 is 0 Å². The molecule has 0 bridgehead atoms. The molecule has 2 aromatic rings. The summed E-state index contributed by atoms with van der Waals surface area (Å²) < 4.78 is 25.3. The third kappa shape index (κ3) is 6.18. The first-order valence-corrected chi connectivity index (χ1v) is 12.5. The van der Waals surface area contributed by atoms with E-state index >= 15 is 0 Å². The number of hydrogen-bond donors (Lipinski definition) is 1. The summed E-state index contributed by atoms with van der Waals surface area (Å²) in [6.45, 7) is 7.57. The van der Waals surface area contributed by atoms with E-state index in [2.05, 4.69) is 23.9 Å². The zero-order chi connectivity index (χ0) is 24.9. The standard InChI is InChI=1S/C27H36FN3O4/c1-18-14-31(19(2)17-32)27(33)24-12-22(21-4-6-23(28)7-5-21)13-29-26(24)35-25(18)16-30(3)15-20-8-10-34-11-9-20/h4-7,12-13,18-20,25,32H,8-11,14-17H2,1-3H3/t18-,19+,25+/m0/s1. The van der Waals surface area contributed by atoms with E-state index in [1.165, 1.54) is 12.1 Å². The maximum absolute atomic E-state index is 13.6. The molecular formula is C27H36FN3O4. The molecule has 0 spiro atoms. The molecule has 0 saturated carbocycles. The minimum atomic E-state index is -0.342. The summed E-state index contributed by atoms with van der Waals surface area (Å²) in [7, 11) is 2.11. The number of pyridine rings is 1. The number of hydrogen-bond acceptors (Lipinski definition) is 6. The summed E-state index contributed by atoms with van der Waals surface area (Å²) in [5, 5.41) is 9.86. The zero-order valence-corrected chi connectivity index (χ0v) is 20.8. The molecule has 1 fully saturated rings. The van der Waals surface area contributed by atoms with Crippen LogP contribution < -0.4 is 4.74 Å². The van der Waals surface area contributed by atoms with Gasteiger partial charge in [0.15, 0.2) is 0 Å². The van der Waals surface area contributed by atoms with Gasteiger partial charge in [0.05, 0.1) is 12.6 Å². The Kier molecular flexibility index (Phi) is 8.36. The van der Waals surface area contributed by atoms with Gasteiger partial charge in [0.1, 0.15) is 17.5 Å². The van der Waals surface area contributed by atoms with Crippen LogP contribution in [0.15, 0.2) is 36.5 Å². The summed E-state index contributed by atoms with van der Waals surface area (Å²) in [6, 6.07) is 7.51.